The van der Waals surface area contributed by atoms with Crippen LogP contribution in [0, 0.1) is 0 Å². The van der Waals surface area contributed by atoms with E-state index < -0.39 is 0 Å². The van der Waals surface area contributed by atoms with Crippen molar-refractivity contribution < 1.29 is 14.3 Å². The SMILES string of the molecule is CCNC(=NCc1ccc(OC)c(OC2CCCC2)c1)NCC(=O)NC(C)(C)C. The number of methoxy groups -OCH3 is 1. The van der Waals surface area contributed by atoms with Gasteiger partial charge in [0.1, 0.15) is 0 Å². The number of benzene rings is 1. The van der Waals surface area contributed by atoms with E-state index in [0.717, 1.165) is 29.9 Å². The third kappa shape index (κ3) is 8.21. The standard InChI is InChI=1S/C22H36N4O3/c1-6-23-21(25-15-20(27)26-22(2,3)4)24-14-16-11-12-18(28-5)19(13-16)29-17-9-7-8-10-17/h11-13,17H,6-10,14-15H2,1-5H3,(H,26,27)(H2,23,24,25). The van der Waals surface area contributed by atoms with Crippen LogP contribution in [0.4, 0.5) is 0 Å². The van der Waals surface area contributed by atoms with Crippen molar-refractivity contribution >= 4 is 11.9 Å². The minimum absolute atomic E-state index is 0.0696. The van der Waals surface area contributed by atoms with E-state index in [-0.39, 0.29) is 24.1 Å². The van der Waals surface area contributed by atoms with E-state index in [2.05, 4.69) is 20.9 Å². The second kappa shape index (κ2) is 10.9. The molecular formula is C22H36N4O3. The Kier molecular flexibility index (Phi) is 8.61. The number of guanidine groups is 1. The molecule has 0 spiro atoms. The summed E-state index contributed by atoms with van der Waals surface area (Å²) in [6.45, 7) is 9.22. The summed E-state index contributed by atoms with van der Waals surface area (Å²) in [5.41, 5.74) is 0.766. The number of aliphatic imine (C=N–C) groups is 1. The van der Waals surface area contributed by atoms with E-state index in [1.54, 1.807) is 7.11 Å². The first-order valence-electron chi connectivity index (χ1n) is 10.5. The Morgan fingerprint density at radius 3 is 2.52 bits per heavy atom. The van der Waals surface area contributed by atoms with Gasteiger partial charge in [-0.05, 0) is 71.1 Å². The zero-order chi connectivity index (χ0) is 21.3. The molecule has 1 aliphatic carbocycles. The van der Waals surface area contributed by atoms with Gasteiger partial charge < -0.3 is 25.4 Å². The predicted octanol–water partition coefficient (Wildman–Crippen LogP) is 2.99. The maximum absolute atomic E-state index is 12.0. The Hall–Kier alpha value is -2.44. The quantitative estimate of drug-likeness (QED) is 0.458. The van der Waals surface area contributed by atoms with Crippen LogP contribution in [0.1, 0.15) is 58.9 Å². The molecule has 1 aromatic carbocycles. The highest BCUT2D eigenvalue weighted by Gasteiger charge is 2.18. The van der Waals surface area contributed by atoms with Crippen LogP contribution in [0.2, 0.25) is 0 Å². The van der Waals surface area contributed by atoms with Gasteiger partial charge in [0, 0.05) is 12.1 Å². The Morgan fingerprint density at radius 2 is 1.90 bits per heavy atom. The largest absolute Gasteiger partial charge is 0.493 e. The lowest BCUT2D eigenvalue weighted by Crippen LogP contribution is -2.48. The number of nitrogens with zero attached hydrogens (tertiary/aromatic N) is 1. The number of hydrogen-bond acceptors (Lipinski definition) is 4. The molecule has 0 heterocycles. The maximum Gasteiger partial charge on any atom is 0.239 e. The van der Waals surface area contributed by atoms with Crippen LogP contribution in [0.15, 0.2) is 23.2 Å². The number of rotatable bonds is 8. The van der Waals surface area contributed by atoms with Crippen molar-refractivity contribution in [2.45, 2.75) is 71.6 Å². The second-order valence-corrected chi connectivity index (χ2v) is 8.36. The number of ether oxygens (including phenoxy) is 2. The average molecular weight is 405 g/mol. The second-order valence-electron chi connectivity index (χ2n) is 8.36. The Bertz CT molecular complexity index is 692. The van der Waals surface area contributed by atoms with Gasteiger partial charge in [-0.1, -0.05) is 6.07 Å². The summed E-state index contributed by atoms with van der Waals surface area (Å²) in [6, 6.07) is 5.91. The van der Waals surface area contributed by atoms with Crippen molar-refractivity contribution in [2.75, 3.05) is 20.2 Å². The van der Waals surface area contributed by atoms with Gasteiger partial charge in [-0.2, -0.15) is 0 Å². The highest BCUT2D eigenvalue weighted by molar-refractivity contribution is 5.86. The summed E-state index contributed by atoms with van der Waals surface area (Å²) in [5, 5.41) is 9.18. The van der Waals surface area contributed by atoms with Crippen LogP contribution in [-0.2, 0) is 11.3 Å². The summed E-state index contributed by atoms with van der Waals surface area (Å²) in [4.78, 5) is 16.6. The predicted molar refractivity (Wildman–Crippen MR) is 117 cm³/mol. The third-order valence-corrected chi connectivity index (χ3v) is 4.52. The number of nitrogens with one attached hydrogen (secondary N) is 3. The molecule has 7 heteroatoms. The molecule has 1 saturated carbocycles. The molecule has 3 N–H and O–H groups in total. The van der Waals surface area contributed by atoms with E-state index in [4.69, 9.17) is 9.47 Å². The highest BCUT2D eigenvalue weighted by Crippen LogP contribution is 2.32. The molecule has 0 aromatic heterocycles. The molecule has 0 radical (unpaired) electrons. The van der Waals surface area contributed by atoms with Gasteiger partial charge in [-0.3, -0.25) is 4.79 Å². The maximum atomic E-state index is 12.0. The van der Waals surface area contributed by atoms with Crippen LogP contribution in [0.25, 0.3) is 0 Å². The van der Waals surface area contributed by atoms with Gasteiger partial charge in [0.15, 0.2) is 17.5 Å². The van der Waals surface area contributed by atoms with Crippen LogP contribution in [0.3, 0.4) is 0 Å². The van der Waals surface area contributed by atoms with E-state index in [9.17, 15) is 4.79 Å². The molecule has 1 amide bonds. The van der Waals surface area contributed by atoms with Crippen molar-refractivity contribution in [3.05, 3.63) is 23.8 Å². The lowest BCUT2D eigenvalue weighted by atomic mass is 10.1. The third-order valence-electron chi connectivity index (χ3n) is 4.52. The van der Waals surface area contributed by atoms with Crippen LogP contribution < -0.4 is 25.4 Å². The lowest BCUT2D eigenvalue weighted by molar-refractivity contribution is -0.121. The topological polar surface area (TPSA) is 84.0 Å². The minimum Gasteiger partial charge on any atom is -0.493 e. The van der Waals surface area contributed by atoms with Crippen molar-refractivity contribution in [2.24, 2.45) is 4.99 Å². The van der Waals surface area contributed by atoms with Crippen LogP contribution >= 0.6 is 0 Å². The molecular weight excluding hydrogens is 368 g/mol. The van der Waals surface area contributed by atoms with E-state index >= 15 is 0 Å². The summed E-state index contributed by atoms with van der Waals surface area (Å²) >= 11 is 0. The fourth-order valence-corrected chi connectivity index (χ4v) is 3.24. The van der Waals surface area contributed by atoms with E-state index in [1.165, 1.54) is 12.8 Å². The molecule has 0 saturated heterocycles. The number of amides is 1. The molecule has 0 atom stereocenters. The first-order valence-corrected chi connectivity index (χ1v) is 10.5. The van der Waals surface area contributed by atoms with Gasteiger partial charge in [-0.15, -0.1) is 0 Å². The zero-order valence-corrected chi connectivity index (χ0v) is 18.4. The molecule has 1 aliphatic rings. The fraction of sp³-hybridized carbons (Fsp3) is 0.636. The van der Waals surface area contributed by atoms with Crippen LogP contribution in [-0.4, -0.2) is 43.7 Å². The first-order chi connectivity index (χ1) is 13.8. The molecule has 0 unspecified atom stereocenters. The summed E-state index contributed by atoms with van der Waals surface area (Å²) in [7, 11) is 1.66. The smallest absolute Gasteiger partial charge is 0.239 e. The number of carbonyl (C=O) groups excluding carboxylic acids is 1. The Morgan fingerprint density at radius 1 is 1.17 bits per heavy atom. The molecule has 0 aliphatic heterocycles. The zero-order valence-electron chi connectivity index (χ0n) is 18.4. The summed E-state index contributed by atoms with van der Waals surface area (Å²) in [6.07, 6.45) is 4.89. The van der Waals surface area contributed by atoms with Crippen molar-refractivity contribution in [3.63, 3.8) is 0 Å². The molecule has 2 rings (SSSR count). The van der Waals surface area contributed by atoms with Gasteiger partial charge >= 0.3 is 0 Å². The highest BCUT2D eigenvalue weighted by atomic mass is 16.5. The normalized spacial score (nSPS) is 15.1. The van der Waals surface area contributed by atoms with E-state index in [1.807, 2.05) is 45.9 Å². The monoisotopic (exact) mass is 404 g/mol. The molecule has 1 fully saturated rings. The van der Waals surface area contributed by atoms with Crippen molar-refractivity contribution in [3.8, 4) is 11.5 Å². The van der Waals surface area contributed by atoms with Crippen molar-refractivity contribution in [1.29, 1.82) is 0 Å². The van der Waals surface area contributed by atoms with Crippen LogP contribution in [0.5, 0.6) is 11.5 Å². The number of carbonyl (C=O) groups is 1. The lowest BCUT2D eigenvalue weighted by Gasteiger charge is -2.21. The molecule has 7 nitrogen and oxygen atoms in total. The fourth-order valence-electron chi connectivity index (χ4n) is 3.24. The molecule has 0 bridgehead atoms. The van der Waals surface area contributed by atoms with E-state index in [0.29, 0.717) is 19.0 Å². The summed E-state index contributed by atoms with van der Waals surface area (Å²) < 4.78 is 11.6. The Labute approximate surface area is 174 Å². The van der Waals surface area contributed by atoms with Gasteiger partial charge in [-0.25, -0.2) is 4.99 Å². The molecule has 29 heavy (non-hydrogen) atoms. The van der Waals surface area contributed by atoms with Gasteiger partial charge in [0.2, 0.25) is 5.91 Å². The minimum atomic E-state index is -0.257. The molecule has 1 aromatic rings. The van der Waals surface area contributed by atoms with Crippen molar-refractivity contribution in [1.82, 2.24) is 16.0 Å². The first kappa shape index (κ1) is 22.8. The summed E-state index contributed by atoms with van der Waals surface area (Å²) in [5.74, 6) is 2.05. The number of hydrogen-bond donors (Lipinski definition) is 3. The van der Waals surface area contributed by atoms with Gasteiger partial charge in [0.25, 0.3) is 0 Å². The molecule has 162 valence electrons. The average Bonchev–Trinajstić information content (AvgIpc) is 3.16. The van der Waals surface area contributed by atoms with Gasteiger partial charge in [0.05, 0.1) is 26.3 Å². The Balaban J connectivity index is 2.00.